The summed E-state index contributed by atoms with van der Waals surface area (Å²) in [5.41, 5.74) is 16.2. The summed E-state index contributed by atoms with van der Waals surface area (Å²) in [6, 6.07) is 80.9. The summed E-state index contributed by atoms with van der Waals surface area (Å²) in [6.45, 7) is 0. The first kappa shape index (κ1) is 35.8. The summed E-state index contributed by atoms with van der Waals surface area (Å²) in [6.07, 6.45) is 0. The van der Waals surface area contributed by atoms with E-state index >= 15 is 0 Å². The topological polar surface area (TPSA) is 35.9 Å². The maximum Gasteiger partial charge on any atom is 0.136 e. The lowest BCUT2D eigenvalue weighted by Crippen LogP contribution is -2.00. The van der Waals surface area contributed by atoms with Gasteiger partial charge in [0.2, 0.25) is 0 Å². The third kappa shape index (κ3) is 5.35. The molecule has 0 bridgehead atoms. The van der Waals surface area contributed by atoms with Crippen LogP contribution in [0.25, 0.3) is 132 Å². The predicted molar refractivity (Wildman–Crippen MR) is 272 cm³/mol. The molecule has 0 saturated carbocycles. The molecule has 0 unspecified atom stereocenters. The summed E-state index contributed by atoms with van der Waals surface area (Å²) < 4.78 is 11.3. The molecule has 65 heavy (non-hydrogen) atoms. The Morgan fingerprint density at radius 2 is 0.815 bits per heavy atom. The molecule has 0 N–H and O–H groups in total. The molecule has 0 aliphatic rings. The van der Waals surface area contributed by atoms with Crippen LogP contribution in [0.4, 0.5) is 0 Å². The van der Waals surface area contributed by atoms with Crippen molar-refractivity contribution in [2.45, 2.75) is 0 Å². The van der Waals surface area contributed by atoms with Crippen LogP contribution in [0.3, 0.4) is 0 Å². The van der Waals surface area contributed by atoms with Gasteiger partial charge in [-0.3, -0.25) is 0 Å². The Kier molecular flexibility index (Phi) is 7.65. The molecule has 4 aromatic heterocycles. The van der Waals surface area contributed by atoms with Crippen LogP contribution in [0, 0.1) is 0 Å². The fourth-order valence-electron chi connectivity index (χ4n) is 10.6. The molecule has 0 fully saturated rings. The van der Waals surface area contributed by atoms with Crippen molar-refractivity contribution < 1.29 is 4.42 Å². The lowest BCUT2D eigenvalue weighted by molar-refractivity contribution is 0.669. The van der Waals surface area contributed by atoms with Crippen LogP contribution < -0.4 is 0 Å². The zero-order valence-corrected chi connectivity index (χ0v) is 35.1. The first-order chi connectivity index (χ1) is 32.2. The van der Waals surface area contributed by atoms with Crippen molar-refractivity contribution in [1.29, 1.82) is 0 Å². The van der Waals surface area contributed by atoms with Crippen LogP contribution >= 0.6 is 0 Å². The number of pyridine rings is 1. The van der Waals surface area contributed by atoms with Gasteiger partial charge in [0.05, 0.1) is 33.3 Å². The van der Waals surface area contributed by atoms with Gasteiger partial charge in [0.15, 0.2) is 0 Å². The van der Waals surface area contributed by atoms with Crippen LogP contribution in [0.2, 0.25) is 0 Å². The first-order valence-corrected chi connectivity index (χ1v) is 22.2. The van der Waals surface area contributed by atoms with E-state index in [1.165, 1.54) is 43.6 Å². The molecule has 4 nitrogen and oxygen atoms in total. The number of furan rings is 1. The Morgan fingerprint density at radius 1 is 0.308 bits per heavy atom. The van der Waals surface area contributed by atoms with E-state index in [1.54, 1.807) is 0 Å². The standard InChI is InChI=1S/C61H37N3O/c1-2-15-40(16-3-1)60-51-33-34-57-59(49-21-8-13-28-56(49)65-57)58(51)50-23-14-22-44(61(50)62-60)39-31-29-38(30-32-39)41-35-42(63-52-24-9-4-17-45(52)46-18-5-10-25-53(46)63)37-43(36-41)64-54-26-11-6-19-47(54)48-20-7-12-27-55(48)64/h1-37H. The van der Waals surface area contributed by atoms with Crippen LogP contribution in [-0.4, -0.2) is 14.1 Å². The number of hydrogen-bond donors (Lipinski definition) is 0. The lowest BCUT2D eigenvalue weighted by atomic mass is 9.93. The second-order valence-electron chi connectivity index (χ2n) is 17.0. The van der Waals surface area contributed by atoms with Gasteiger partial charge in [0, 0.05) is 71.0 Å². The van der Waals surface area contributed by atoms with Gasteiger partial charge in [0.1, 0.15) is 11.2 Å². The molecule has 0 aliphatic carbocycles. The van der Waals surface area contributed by atoms with E-state index in [0.717, 1.165) is 88.5 Å². The summed E-state index contributed by atoms with van der Waals surface area (Å²) >= 11 is 0. The highest BCUT2D eigenvalue weighted by molar-refractivity contribution is 6.29. The minimum Gasteiger partial charge on any atom is -0.456 e. The molecular formula is C61H37N3O. The van der Waals surface area contributed by atoms with Gasteiger partial charge >= 0.3 is 0 Å². The first-order valence-electron chi connectivity index (χ1n) is 22.2. The van der Waals surface area contributed by atoms with Crippen LogP contribution in [0.5, 0.6) is 0 Å². The van der Waals surface area contributed by atoms with Crippen molar-refractivity contribution in [1.82, 2.24) is 14.1 Å². The summed E-state index contributed by atoms with van der Waals surface area (Å²) in [5.74, 6) is 0. The van der Waals surface area contributed by atoms with E-state index in [1.807, 2.05) is 6.07 Å². The highest BCUT2D eigenvalue weighted by atomic mass is 16.3. The average Bonchev–Trinajstić information content (AvgIpc) is 4.04. The minimum atomic E-state index is 0.878. The van der Waals surface area contributed by atoms with Crippen molar-refractivity contribution in [2.24, 2.45) is 0 Å². The fourth-order valence-corrected chi connectivity index (χ4v) is 10.6. The predicted octanol–water partition coefficient (Wildman–Crippen LogP) is 16.5. The number of aromatic nitrogens is 3. The molecule has 4 heterocycles. The van der Waals surface area contributed by atoms with Gasteiger partial charge in [-0.2, -0.15) is 0 Å². The van der Waals surface area contributed by atoms with E-state index in [-0.39, 0.29) is 0 Å². The van der Waals surface area contributed by atoms with E-state index in [4.69, 9.17) is 9.40 Å². The van der Waals surface area contributed by atoms with Gasteiger partial charge < -0.3 is 13.6 Å². The molecule has 0 spiro atoms. The maximum absolute atomic E-state index is 6.45. The van der Waals surface area contributed by atoms with Crippen LogP contribution in [0.15, 0.2) is 229 Å². The average molecular weight is 828 g/mol. The van der Waals surface area contributed by atoms with E-state index in [9.17, 15) is 0 Å². The van der Waals surface area contributed by atoms with Gasteiger partial charge in [-0.05, 0) is 77.4 Å². The lowest BCUT2D eigenvalue weighted by Gasteiger charge is -2.16. The monoisotopic (exact) mass is 827 g/mol. The number of hydrogen-bond acceptors (Lipinski definition) is 2. The third-order valence-corrected chi connectivity index (χ3v) is 13.5. The Balaban J connectivity index is 0.993. The van der Waals surface area contributed by atoms with E-state index < -0.39 is 0 Å². The van der Waals surface area contributed by atoms with Crippen molar-refractivity contribution >= 4 is 87.2 Å². The van der Waals surface area contributed by atoms with Crippen LogP contribution in [-0.2, 0) is 0 Å². The Bertz CT molecular complexity index is 3990. The molecule has 14 rings (SSSR count). The number of rotatable bonds is 5. The molecular weight excluding hydrogens is 791 g/mol. The number of benzene rings is 10. The molecule has 0 aliphatic heterocycles. The van der Waals surface area contributed by atoms with Gasteiger partial charge in [-0.25, -0.2) is 4.98 Å². The van der Waals surface area contributed by atoms with E-state index in [0.29, 0.717) is 0 Å². The second-order valence-corrected chi connectivity index (χ2v) is 17.0. The Morgan fingerprint density at radius 3 is 1.42 bits per heavy atom. The molecule has 0 amide bonds. The second kappa shape index (κ2) is 13.9. The van der Waals surface area contributed by atoms with Gasteiger partial charge in [-0.15, -0.1) is 0 Å². The minimum absolute atomic E-state index is 0.878. The molecule has 0 radical (unpaired) electrons. The highest BCUT2D eigenvalue weighted by Crippen LogP contribution is 2.44. The number of fused-ring (bicyclic) bond motifs is 13. The molecule has 14 aromatic rings. The van der Waals surface area contributed by atoms with Gasteiger partial charge in [-0.1, -0.05) is 164 Å². The molecule has 302 valence electrons. The molecule has 0 saturated heterocycles. The van der Waals surface area contributed by atoms with Crippen molar-refractivity contribution in [3.05, 3.63) is 224 Å². The smallest absolute Gasteiger partial charge is 0.136 e. The highest BCUT2D eigenvalue weighted by Gasteiger charge is 2.21. The summed E-state index contributed by atoms with van der Waals surface area (Å²) in [7, 11) is 0. The quantitative estimate of drug-likeness (QED) is 0.162. The Hall–Kier alpha value is -8.73. The largest absolute Gasteiger partial charge is 0.456 e. The van der Waals surface area contributed by atoms with Crippen molar-refractivity contribution in [3.63, 3.8) is 0 Å². The maximum atomic E-state index is 6.45. The summed E-state index contributed by atoms with van der Waals surface area (Å²) in [5, 5.41) is 10.6. The fraction of sp³-hybridized carbons (Fsp3) is 0. The Labute approximate surface area is 373 Å². The van der Waals surface area contributed by atoms with Gasteiger partial charge in [0.25, 0.3) is 0 Å². The molecule has 0 atom stereocenters. The number of para-hydroxylation sites is 6. The van der Waals surface area contributed by atoms with Crippen molar-refractivity contribution in [3.8, 4) is 44.9 Å². The molecule has 4 heteroatoms. The van der Waals surface area contributed by atoms with Crippen LogP contribution in [0.1, 0.15) is 0 Å². The molecule has 10 aromatic carbocycles. The zero-order chi connectivity index (χ0) is 42.6. The van der Waals surface area contributed by atoms with Crippen molar-refractivity contribution in [2.75, 3.05) is 0 Å². The third-order valence-electron chi connectivity index (χ3n) is 13.5. The SMILES string of the molecule is c1ccc(-c2nc3c(-c4ccc(-c5cc(-n6c7ccccc7c7ccccc76)cc(-n6c7ccccc7c7ccccc76)c5)cc4)cccc3c3c2ccc2oc4ccccc4c23)cc1. The van der Waals surface area contributed by atoms with E-state index in [2.05, 4.69) is 228 Å². The summed E-state index contributed by atoms with van der Waals surface area (Å²) in [4.78, 5) is 5.55. The normalized spacial score (nSPS) is 12.0. The zero-order valence-electron chi connectivity index (χ0n) is 35.1. The number of nitrogens with zero attached hydrogens (tertiary/aromatic N) is 3.